The van der Waals surface area contributed by atoms with Crippen LogP contribution in [0, 0.1) is 6.92 Å². The number of nitrogens with zero attached hydrogens (tertiary/aromatic N) is 3. The minimum absolute atomic E-state index is 0.0235. The SMILES string of the molecule is COc1ccc(C(=O)N(CCN2CCCCC2)CC(=O)N(CCc2ccc(OC)c(OC)c2)Cc2ccc(C)o2)cc1. The largest absolute Gasteiger partial charge is 0.497 e. The van der Waals surface area contributed by atoms with Crippen molar-refractivity contribution in [1.29, 1.82) is 0 Å². The maximum Gasteiger partial charge on any atom is 0.254 e. The molecule has 0 atom stereocenters. The summed E-state index contributed by atoms with van der Waals surface area (Å²) in [4.78, 5) is 33.4. The number of hydrogen-bond acceptors (Lipinski definition) is 7. The average Bonchev–Trinajstić information content (AvgIpc) is 3.45. The van der Waals surface area contributed by atoms with Crippen LogP contribution in [-0.2, 0) is 17.8 Å². The van der Waals surface area contributed by atoms with E-state index in [4.69, 9.17) is 18.6 Å². The van der Waals surface area contributed by atoms with Crippen LogP contribution in [0.25, 0.3) is 0 Å². The molecule has 0 N–H and O–H groups in total. The van der Waals surface area contributed by atoms with Gasteiger partial charge in [-0.2, -0.15) is 0 Å². The number of furan rings is 1. The highest BCUT2D eigenvalue weighted by Crippen LogP contribution is 2.28. The fraction of sp³-hybridized carbons (Fsp3) is 0.455. The molecule has 0 radical (unpaired) electrons. The van der Waals surface area contributed by atoms with E-state index in [1.54, 1.807) is 55.4 Å². The predicted octanol–water partition coefficient (Wildman–Crippen LogP) is 4.81. The van der Waals surface area contributed by atoms with Crippen molar-refractivity contribution in [2.75, 3.05) is 60.6 Å². The maximum atomic E-state index is 13.9. The van der Waals surface area contributed by atoms with E-state index in [1.807, 2.05) is 37.3 Å². The molecule has 1 fully saturated rings. The van der Waals surface area contributed by atoms with Crippen LogP contribution in [-0.4, -0.2) is 87.1 Å². The Kier molecular flexibility index (Phi) is 11.3. The Morgan fingerprint density at radius 2 is 1.57 bits per heavy atom. The van der Waals surface area contributed by atoms with E-state index in [2.05, 4.69) is 4.90 Å². The first-order valence-electron chi connectivity index (χ1n) is 14.6. The Morgan fingerprint density at radius 1 is 0.833 bits per heavy atom. The third-order valence-corrected chi connectivity index (χ3v) is 7.70. The highest BCUT2D eigenvalue weighted by atomic mass is 16.5. The van der Waals surface area contributed by atoms with Gasteiger partial charge in [0.15, 0.2) is 11.5 Å². The van der Waals surface area contributed by atoms with Crippen molar-refractivity contribution in [3.8, 4) is 17.2 Å². The molecule has 0 unspecified atom stereocenters. The van der Waals surface area contributed by atoms with Gasteiger partial charge in [0, 0.05) is 25.2 Å². The van der Waals surface area contributed by atoms with Crippen LogP contribution in [0.2, 0.25) is 0 Å². The molecule has 2 amide bonds. The molecule has 42 heavy (non-hydrogen) atoms. The van der Waals surface area contributed by atoms with E-state index in [9.17, 15) is 9.59 Å². The summed E-state index contributed by atoms with van der Waals surface area (Å²) in [6.07, 6.45) is 4.17. The van der Waals surface area contributed by atoms with Crippen LogP contribution in [0.1, 0.15) is 46.7 Å². The Labute approximate surface area is 248 Å². The van der Waals surface area contributed by atoms with Gasteiger partial charge < -0.3 is 33.3 Å². The van der Waals surface area contributed by atoms with Gasteiger partial charge in [0.2, 0.25) is 5.91 Å². The van der Waals surface area contributed by atoms with Crippen molar-refractivity contribution in [3.63, 3.8) is 0 Å². The smallest absolute Gasteiger partial charge is 0.254 e. The van der Waals surface area contributed by atoms with Gasteiger partial charge in [0.25, 0.3) is 5.91 Å². The summed E-state index contributed by atoms with van der Waals surface area (Å²) in [7, 11) is 4.81. The Hall–Kier alpha value is -3.98. The minimum Gasteiger partial charge on any atom is -0.497 e. The van der Waals surface area contributed by atoms with Gasteiger partial charge in [-0.3, -0.25) is 9.59 Å². The van der Waals surface area contributed by atoms with Crippen LogP contribution in [0.5, 0.6) is 17.2 Å². The average molecular weight is 578 g/mol. The van der Waals surface area contributed by atoms with Gasteiger partial charge in [-0.25, -0.2) is 0 Å². The van der Waals surface area contributed by atoms with E-state index in [0.29, 0.717) is 54.6 Å². The molecule has 1 aliphatic rings. The summed E-state index contributed by atoms with van der Waals surface area (Å²) in [5, 5.41) is 0. The first kappa shape index (κ1) is 31.0. The zero-order valence-electron chi connectivity index (χ0n) is 25.3. The number of amides is 2. The summed E-state index contributed by atoms with van der Waals surface area (Å²) >= 11 is 0. The molecule has 1 saturated heterocycles. The number of carbonyl (C=O) groups is 2. The summed E-state index contributed by atoms with van der Waals surface area (Å²) in [5.74, 6) is 3.16. The Morgan fingerprint density at radius 3 is 2.21 bits per heavy atom. The first-order valence-corrected chi connectivity index (χ1v) is 14.6. The van der Waals surface area contributed by atoms with Crippen molar-refractivity contribution in [3.05, 3.63) is 77.2 Å². The lowest BCUT2D eigenvalue weighted by Gasteiger charge is -2.31. The minimum atomic E-state index is -0.170. The lowest BCUT2D eigenvalue weighted by atomic mass is 10.1. The molecular formula is C33H43N3O6. The summed E-state index contributed by atoms with van der Waals surface area (Å²) in [6, 6.07) is 16.6. The van der Waals surface area contributed by atoms with Crippen LogP contribution >= 0.6 is 0 Å². The second-order valence-electron chi connectivity index (χ2n) is 10.6. The molecule has 1 aromatic heterocycles. The number of methoxy groups -OCH3 is 3. The number of benzene rings is 2. The van der Waals surface area contributed by atoms with Crippen molar-refractivity contribution in [1.82, 2.24) is 14.7 Å². The number of carbonyl (C=O) groups excluding carboxylic acids is 2. The van der Waals surface area contributed by atoms with Crippen molar-refractivity contribution >= 4 is 11.8 Å². The standard InChI is InChI=1S/C33H43N3O6/c1-25-8-12-29(42-25)23-35(19-16-26-9-15-30(40-3)31(22-26)41-4)32(37)24-36(21-20-34-17-6-5-7-18-34)33(38)27-10-13-28(39-2)14-11-27/h8-15,22H,5-7,16-21,23-24H2,1-4H3. The van der Waals surface area contributed by atoms with Gasteiger partial charge >= 0.3 is 0 Å². The van der Waals surface area contributed by atoms with Crippen molar-refractivity contribution in [2.45, 2.75) is 39.2 Å². The van der Waals surface area contributed by atoms with Gasteiger partial charge in [-0.1, -0.05) is 12.5 Å². The monoisotopic (exact) mass is 577 g/mol. The topological polar surface area (TPSA) is 84.7 Å². The maximum absolute atomic E-state index is 13.9. The molecule has 4 rings (SSSR count). The van der Waals surface area contributed by atoms with Gasteiger partial charge in [0.1, 0.15) is 23.8 Å². The number of likely N-dealkylation sites (tertiary alicyclic amines) is 1. The molecule has 9 heteroatoms. The predicted molar refractivity (Wildman–Crippen MR) is 161 cm³/mol. The van der Waals surface area contributed by atoms with E-state index < -0.39 is 0 Å². The van der Waals surface area contributed by atoms with Crippen molar-refractivity contribution < 1.29 is 28.2 Å². The van der Waals surface area contributed by atoms with Crippen LogP contribution < -0.4 is 14.2 Å². The van der Waals surface area contributed by atoms with E-state index in [0.717, 1.165) is 43.8 Å². The summed E-state index contributed by atoms with van der Waals surface area (Å²) in [6.45, 7) is 5.88. The normalized spacial score (nSPS) is 13.4. The Balaban J connectivity index is 1.52. The third-order valence-electron chi connectivity index (χ3n) is 7.70. The zero-order valence-corrected chi connectivity index (χ0v) is 25.3. The van der Waals surface area contributed by atoms with Gasteiger partial charge in [0.05, 0.1) is 27.9 Å². The molecule has 226 valence electrons. The lowest BCUT2D eigenvalue weighted by molar-refractivity contribution is -0.132. The first-order chi connectivity index (χ1) is 20.4. The molecule has 3 aromatic rings. The van der Waals surface area contributed by atoms with Crippen LogP contribution in [0.3, 0.4) is 0 Å². The summed E-state index contributed by atoms with van der Waals surface area (Å²) in [5.41, 5.74) is 1.54. The molecular weight excluding hydrogens is 534 g/mol. The van der Waals surface area contributed by atoms with Crippen molar-refractivity contribution in [2.24, 2.45) is 0 Å². The second-order valence-corrected chi connectivity index (χ2v) is 10.6. The van der Waals surface area contributed by atoms with Crippen LogP contribution in [0.15, 0.2) is 59.0 Å². The van der Waals surface area contributed by atoms with E-state index in [-0.39, 0.29) is 18.4 Å². The molecule has 0 bridgehead atoms. The van der Waals surface area contributed by atoms with Gasteiger partial charge in [-0.15, -0.1) is 0 Å². The molecule has 2 heterocycles. The second kappa shape index (κ2) is 15.3. The number of piperidine rings is 1. The molecule has 2 aromatic carbocycles. The fourth-order valence-corrected chi connectivity index (χ4v) is 5.23. The van der Waals surface area contributed by atoms with E-state index in [1.165, 1.54) is 6.42 Å². The van der Waals surface area contributed by atoms with Crippen LogP contribution in [0.4, 0.5) is 0 Å². The molecule has 0 spiro atoms. The molecule has 9 nitrogen and oxygen atoms in total. The molecule has 0 aliphatic carbocycles. The molecule has 1 aliphatic heterocycles. The number of rotatable bonds is 14. The number of ether oxygens (including phenoxy) is 3. The quantitative estimate of drug-likeness (QED) is 0.272. The zero-order chi connectivity index (χ0) is 29.9. The molecule has 0 saturated carbocycles. The lowest BCUT2D eigenvalue weighted by Crippen LogP contribution is -2.46. The van der Waals surface area contributed by atoms with E-state index >= 15 is 0 Å². The number of aryl methyl sites for hydroxylation is 1. The highest BCUT2D eigenvalue weighted by Gasteiger charge is 2.24. The highest BCUT2D eigenvalue weighted by molar-refractivity contribution is 5.96. The number of hydrogen-bond donors (Lipinski definition) is 0. The summed E-state index contributed by atoms with van der Waals surface area (Å²) < 4.78 is 21.9. The third kappa shape index (κ3) is 8.52. The van der Waals surface area contributed by atoms with Gasteiger partial charge in [-0.05, 0) is 93.4 Å². The fourth-order valence-electron chi connectivity index (χ4n) is 5.23. The Bertz CT molecular complexity index is 1300.